The smallest absolute Gasteiger partial charge is 0.171 e. The summed E-state index contributed by atoms with van der Waals surface area (Å²) >= 11 is 5.74. The highest BCUT2D eigenvalue weighted by Gasteiger charge is 2.01. The molecule has 1 N–H and O–H groups in total. The fourth-order valence-electron chi connectivity index (χ4n) is 0.912. The molecule has 12 heavy (non-hydrogen) atoms. The SMILES string of the molecule is CNCc1cnc(Cl)c(OC)c1. The molecule has 0 amide bonds. The third kappa shape index (κ3) is 2.09. The largest absolute Gasteiger partial charge is 0.494 e. The number of aromatic nitrogens is 1. The number of rotatable bonds is 3. The summed E-state index contributed by atoms with van der Waals surface area (Å²) in [5.74, 6) is 0.615. The summed E-state index contributed by atoms with van der Waals surface area (Å²) in [7, 11) is 3.45. The minimum absolute atomic E-state index is 0.400. The van der Waals surface area contributed by atoms with E-state index >= 15 is 0 Å². The molecule has 4 heteroatoms. The van der Waals surface area contributed by atoms with E-state index in [2.05, 4.69) is 10.3 Å². The van der Waals surface area contributed by atoms with Crippen molar-refractivity contribution in [2.24, 2.45) is 0 Å². The van der Waals surface area contributed by atoms with Crippen LogP contribution in [0.25, 0.3) is 0 Å². The molecule has 0 aliphatic heterocycles. The number of hydrogen-bond donors (Lipinski definition) is 1. The zero-order valence-corrected chi connectivity index (χ0v) is 7.85. The molecule has 1 heterocycles. The van der Waals surface area contributed by atoms with E-state index in [4.69, 9.17) is 16.3 Å². The van der Waals surface area contributed by atoms with E-state index < -0.39 is 0 Å². The van der Waals surface area contributed by atoms with Crippen LogP contribution in [0.15, 0.2) is 12.3 Å². The minimum Gasteiger partial charge on any atom is -0.494 e. The number of pyridine rings is 1. The van der Waals surface area contributed by atoms with Gasteiger partial charge in [-0.1, -0.05) is 11.6 Å². The molecular weight excluding hydrogens is 176 g/mol. The second-order valence-electron chi connectivity index (χ2n) is 2.37. The van der Waals surface area contributed by atoms with Crippen LogP contribution in [-0.2, 0) is 6.54 Å². The van der Waals surface area contributed by atoms with Crippen LogP contribution in [0.5, 0.6) is 5.75 Å². The average Bonchev–Trinajstić information content (AvgIpc) is 2.09. The molecule has 1 rings (SSSR count). The van der Waals surface area contributed by atoms with E-state index in [1.54, 1.807) is 13.3 Å². The van der Waals surface area contributed by atoms with Crippen molar-refractivity contribution < 1.29 is 4.74 Å². The molecule has 0 spiro atoms. The molecule has 66 valence electrons. The summed E-state index contributed by atoms with van der Waals surface area (Å²) in [6.07, 6.45) is 1.72. The van der Waals surface area contributed by atoms with Gasteiger partial charge in [-0.3, -0.25) is 0 Å². The van der Waals surface area contributed by atoms with E-state index in [1.165, 1.54) is 0 Å². The van der Waals surface area contributed by atoms with E-state index in [1.807, 2.05) is 13.1 Å². The molecule has 1 aromatic rings. The molecule has 0 aliphatic carbocycles. The van der Waals surface area contributed by atoms with Gasteiger partial charge in [0.2, 0.25) is 0 Å². The molecule has 3 nitrogen and oxygen atoms in total. The summed E-state index contributed by atoms with van der Waals surface area (Å²) in [6, 6.07) is 1.87. The summed E-state index contributed by atoms with van der Waals surface area (Å²) < 4.78 is 5.01. The summed E-state index contributed by atoms with van der Waals surface area (Å²) in [4.78, 5) is 3.97. The molecule has 0 atom stereocenters. The van der Waals surface area contributed by atoms with Gasteiger partial charge in [0.1, 0.15) is 0 Å². The monoisotopic (exact) mass is 186 g/mol. The Balaban J connectivity index is 2.89. The first-order chi connectivity index (χ1) is 5.77. The van der Waals surface area contributed by atoms with Crippen LogP contribution in [0, 0.1) is 0 Å². The number of halogens is 1. The van der Waals surface area contributed by atoms with E-state index in [0.29, 0.717) is 10.9 Å². The second kappa shape index (κ2) is 4.28. The zero-order valence-electron chi connectivity index (χ0n) is 7.10. The van der Waals surface area contributed by atoms with Crippen LogP contribution in [-0.4, -0.2) is 19.1 Å². The standard InChI is InChI=1S/C8H11ClN2O/c1-10-4-6-3-7(12-2)8(9)11-5-6/h3,5,10H,4H2,1-2H3. The lowest BCUT2D eigenvalue weighted by Gasteiger charge is -2.04. The first-order valence-electron chi connectivity index (χ1n) is 3.61. The molecule has 1 aromatic heterocycles. The maximum atomic E-state index is 5.74. The Kier molecular flexibility index (Phi) is 3.31. The van der Waals surface area contributed by atoms with E-state index in [0.717, 1.165) is 12.1 Å². The van der Waals surface area contributed by atoms with Gasteiger partial charge >= 0.3 is 0 Å². The third-order valence-electron chi connectivity index (χ3n) is 1.46. The predicted octanol–water partition coefficient (Wildman–Crippen LogP) is 1.46. The average molecular weight is 187 g/mol. The van der Waals surface area contributed by atoms with Crippen LogP contribution >= 0.6 is 11.6 Å². The number of nitrogens with zero attached hydrogens (tertiary/aromatic N) is 1. The quantitative estimate of drug-likeness (QED) is 0.726. The van der Waals surface area contributed by atoms with Crippen LogP contribution in [0.1, 0.15) is 5.56 Å². The van der Waals surface area contributed by atoms with E-state index in [-0.39, 0.29) is 0 Å². The molecule has 0 bridgehead atoms. The van der Waals surface area contributed by atoms with Crippen molar-refractivity contribution in [1.82, 2.24) is 10.3 Å². The van der Waals surface area contributed by atoms with Crippen molar-refractivity contribution in [1.29, 1.82) is 0 Å². The van der Waals surface area contributed by atoms with Gasteiger partial charge in [-0.2, -0.15) is 0 Å². The van der Waals surface area contributed by atoms with E-state index in [9.17, 15) is 0 Å². The van der Waals surface area contributed by atoms with Gasteiger partial charge in [0.25, 0.3) is 0 Å². The molecule has 0 saturated carbocycles. The highest BCUT2D eigenvalue weighted by atomic mass is 35.5. The number of methoxy groups -OCH3 is 1. The molecule has 0 unspecified atom stereocenters. The Hall–Kier alpha value is -0.800. The molecule has 0 saturated heterocycles. The summed E-state index contributed by atoms with van der Waals surface area (Å²) in [5, 5.41) is 3.42. The lowest BCUT2D eigenvalue weighted by molar-refractivity contribution is 0.412. The van der Waals surface area contributed by atoms with Crippen molar-refractivity contribution in [3.8, 4) is 5.75 Å². The topological polar surface area (TPSA) is 34.2 Å². The van der Waals surface area contributed by atoms with Gasteiger partial charge in [-0.25, -0.2) is 4.98 Å². The highest BCUT2D eigenvalue weighted by molar-refractivity contribution is 6.30. The van der Waals surface area contributed by atoms with Crippen molar-refractivity contribution in [3.05, 3.63) is 23.0 Å². The first kappa shape index (κ1) is 9.29. The van der Waals surface area contributed by atoms with Crippen LogP contribution in [0.2, 0.25) is 5.15 Å². The Morgan fingerprint density at radius 2 is 2.42 bits per heavy atom. The Bertz CT molecular complexity index is 265. The maximum Gasteiger partial charge on any atom is 0.171 e. The fourth-order valence-corrected chi connectivity index (χ4v) is 1.09. The lowest BCUT2D eigenvalue weighted by atomic mass is 10.3. The lowest BCUT2D eigenvalue weighted by Crippen LogP contribution is -2.05. The Morgan fingerprint density at radius 3 is 3.00 bits per heavy atom. The number of nitrogens with one attached hydrogen (secondary N) is 1. The Labute approximate surface area is 76.7 Å². The molecule has 0 fully saturated rings. The van der Waals surface area contributed by atoms with Crippen LogP contribution < -0.4 is 10.1 Å². The number of hydrogen-bond acceptors (Lipinski definition) is 3. The highest BCUT2D eigenvalue weighted by Crippen LogP contribution is 2.21. The van der Waals surface area contributed by atoms with Crippen molar-refractivity contribution in [2.75, 3.05) is 14.2 Å². The zero-order chi connectivity index (χ0) is 8.97. The fraction of sp³-hybridized carbons (Fsp3) is 0.375. The number of ether oxygens (including phenoxy) is 1. The van der Waals surface area contributed by atoms with Crippen molar-refractivity contribution in [2.45, 2.75) is 6.54 Å². The third-order valence-corrected chi connectivity index (χ3v) is 1.75. The van der Waals surface area contributed by atoms with Gasteiger partial charge in [0.15, 0.2) is 10.9 Å². The van der Waals surface area contributed by atoms with Crippen LogP contribution in [0.3, 0.4) is 0 Å². The molecule has 0 aliphatic rings. The minimum atomic E-state index is 0.400. The summed E-state index contributed by atoms with van der Waals surface area (Å²) in [6.45, 7) is 0.764. The normalized spacial score (nSPS) is 9.92. The Morgan fingerprint density at radius 1 is 1.67 bits per heavy atom. The molecule has 0 aromatic carbocycles. The van der Waals surface area contributed by atoms with Crippen LogP contribution in [0.4, 0.5) is 0 Å². The van der Waals surface area contributed by atoms with Crippen molar-refractivity contribution >= 4 is 11.6 Å². The first-order valence-corrected chi connectivity index (χ1v) is 3.98. The summed E-state index contributed by atoms with van der Waals surface area (Å²) in [5.41, 5.74) is 1.05. The van der Waals surface area contributed by atoms with Gasteiger partial charge in [-0.15, -0.1) is 0 Å². The maximum absolute atomic E-state index is 5.74. The van der Waals surface area contributed by atoms with Crippen molar-refractivity contribution in [3.63, 3.8) is 0 Å². The van der Waals surface area contributed by atoms with Gasteiger partial charge in [0, 0.05) is 12.7 Å². The van der Waals surface area contributed by atoms with Gasteiger partial charge in [0.05, 0.1) is 7.11 Å². The molecule has 0 radical (unpaired) electrons. The van der Waals surface area contributed by atoms with Gasteiger partial charge in [-0.05, 0) is 18.7 Å². The molecular formula is C8H11ClN2O. The predicted molar refractivity (Wildman–Crippen MR) is 48.6 cm³/mol. The second-order valence-corrected chi connectivity index (χ2v) is 2.72. The van der Waals surface area contributed by atoms with Gasteiger partial charge < -0.3 is 10.1 Å².